The van der Waals surface area contributed by atoms with Crippen molar-refractivity contribution in [2.45, 2.75) is 32.2 Å². The van der Waals surface area contributed by atoms with Crippen LogP contribution in [0.5, 0.6) is 5.75 Å². The summed E-state index contributed by atoms with van der Waals surface area (Å²) in [6, 6.07) is 6.84. The van der Waals surface area contributed by atoms with Crippen LogP contribution in [0.25, 0.3) is 10.9 Å². The number of H-pyrrole nitrogens is 1. The minimum Gasteiger partial charge on any atom is -0.506 e. The van der Waals surface area contributed by atoms with Crippen LogP contribution in [0, 0.1) is 0 Å². The predicted molar refractivity (Wildman–Crippen MR) is 83.7 cm³/mol. The van der Waals surface area contributed by atoms with E-state index in [0.717, 1.165) is 30.3 Å². The van der Waals surface area contributed by atoms with Gasteiger partial charge < -0.3 is 20.5 Å². The van der Waals surface area contributed by atoms with Crippen LogP contribution in [0.3, 0.4) is 0 Å². The molecule has 0 aliphatic rings. The smallest absolute Gasteiger partial charge is 0.248 e. The van der Waals surface area contributed by atoms with Crippen molar-refractivity contribution in [2.75, 3.05) is 13.2 Å². The Morgan fingerprint density at radius 1 is 1.29 bits per heavy atom. The van der Waals surface area contributed by atoms with Gasteiger partial charge in [-0.3, -0.25) is 4.79 Å². The maximum Gasteiger partial charge on any atom is 0.248 e. The molecule has 21 heavy (non-hydrogen) atoms. The lowest BCUT2D eigenvalue weighted by atomic mass is 9.99. The number of aromatic hydroxyl groups is 1. The number of hydrogen-bond acceptors (Lipinski definition) is 4. The van der Waals surface area contributed by atoms with E-state index in [1.54, 1.807) is 12.1 Å². The molecule has 1 unspecified atom stereocenters. The molecule has 5 heteroatoms. The molecule has 2 rings (SSSR count). The van der Waals surface area contributed by atoms with Gasteiger partial charge in [-0.05, 0) is 43.5 Å². The molecule has 0 saturated carbocycles. The van der Waals surface area contributed by atoms with Crippen molar-refractivity contribution in [2.24, 2.45) is 0 Å². The highest BCUT2D eigenvalue weighted by atomic mass is 16.3. The fourth-order valence-corrected chi connectivity index (χ4v) is 2.52. The normalized spacial score (nSPS) is 12.7. The van der Waals surface area contributed by atoms with Gasteiger partial charge in [0.1, 0.15) is 5.75 Å². The summed E-state index contributed by atoms with van der Waals surface area (Å²) < 4.78 is 0. The van der Waals surface area contributed by atoms with Crippen LogP contribution in [0.15, 0.2) is 29.1 Å². The van der Waals surface area contributed by atoms with E-state index in [0.29, 0.717) is 11.9 Å². The maximum atomic E-state index is 11.4. The third kappa shape index (κ3) is 3.83. The molecule has 1 atom stereocenters. The summed E-state index contributed by atoms with van der Waals surface area (Å²) in [4.78, 5) is 14.1. The number of nitrogens with one attached hydrogen (secondary N) is 2. The Hall–Kier alpha value is -1.85. The first-order valence-corrected chi connectivity index (χ1v) is 7.33. The fourth-order valence-electron chi connectivity index (χ4n) is 2.52. The average Bonchev–Trinajstić information content (AvgIpc) is 2.48. The van der Waals surface area contributed by atoms with E-state index < -0.39 is 0 Å². The topological polar surface area (TPSA) is 85.3 Å². The third-order valence-electron chi connectivity index (χ3n) is 3.59. The summed E-state index contributed by atoms with van der Waals surface area (Å²) in [6.45, 7) is 3.13. The molecule has 2 aromatic rings. The lowest BCUT2D eigenvalue weighted by Gasteiger charge is -2.18. The number of fused-ring (bicyclic) bond motifs is 1. The Morgan fingerprint density at radius 2 is 2.10 bits per heavy atom. The highest BCUT2D eigenvalue weighted by Crippen LogP contribution is 2.25. The number of aromatic amines is 1. The molecule has 5 nitrogen and oxygen atoms in total. The molecular formula is C16H22N2O3. The molecule has 1 aromatic carbocycles. The summed E-state index contributed by atoms with van der Waals surface area (Å²) in [7, 11) is 0. The van der Waals surface area contributed by atoms with Gasteiger partial charge in [-0.25, -0.2) is 0 Å². The number of benzene rings is 1. The molecule has 0 saturated heterocycles. The predicted octanol–water partition coefficient (Wildman–Crippen LogP) is 1.53. The number of phenols is 1. The zero-order valence-corrected chi connectivity index (χ0v) is 12.2. The van der Waals surface area contributed by atoms with Crippen molar-refractivity contribution < 1.29 is 10.2 Å². The number of phenolic OH excluding ortho intramolecular Hbond substituents is 1. The van der Waals surface area contributed by atoms with Gasteiger partial charge >= 0.3 is 0 Å². The van der Waals surface area contributed by atoms with Crippen molar-refractivity contribution >= 4 is 10.9 Å². The Morgan fingerprint density at radius 3 is 2.81 bits per heavy atom. The van der Waals surface area contributed by atoms with Crippen LogP contribution >= 0.6 is 0 Å². The van der Waals surface area contributed by atoms with E-state index in [2.05, 4.69) is 17.2 Å². The molecule has 0 aliphatic carbocycles. The molecular weight excluding hydrogens is 268 g/mol. The van der Waals surface area contributed by atoms with Gasteiger partial charge in [-0.1, -0.05) is 13.0 Å². The van der Waals surface area contributed by atoms with Crippen molar-refractivity contribution in [3.63, 3.8) is 0 Å². The van der Waals surface area contributed by atoms with Crippen LogP contribution in [0.4, 0.5) is 0 Å². The van der Waals surface area contributed by atoms with Gasteiger partial charge in [0.15, 0.2) is 0 Å². The Bertz CT molecular complexity index is 652. The van der Waals surface area contributed by atoms with E-state index in [-0.39, 0.29) is 24.0 Å². The van der Waals surface area contributed by atoms with Crippen LogP contribution in [0.1, 0.15) is 25.3 Å². The standard InChI is InChI=1S/C16H22N2O3/c1-2-8-17-12(7-9-19)10-11-3-5-14(20)16-13(11)4-6-15(21)18-16/h3-6,12,17,19-20H,2,7-10H2,1H3,(H,18,21). The van der Waals surface area contributed by atoms with Gasteiger partial charge in [0.25, 0.3) is 0 Å². The lowest BCUT2D eigenvalue weighted by molar-refractivity contribution is 0.264. The zero-order valence-electron chi connectivity index (χ0n) is 12.2. The molecule has 0 amide bonds. The first kappa shape index (κ1) is 15.5. The molecule has 1 aromatic heterocycles. The Kier molecular flexibility index (Phi) is 5.36. The molecule has 0 spiro atoms. The zero-order chi connectivity index (χ0) is 15.2. The number of rotatable bonds is 7. The van der Waals surface area contributed by atoms with Crippen LogP contribution in [-0.2, 0) is 6.42 Å². The van der Waals surface area contributed by atoms with Crippen molar-refractivity contribution in [3.8, 4) is 5.75 Å². The van der Waals surface area contributed by atoms with Crippen LogP contribution < -0.4 is 10.9 Å². The van der Waals surface area contributed by atoms with E-state index in [1.165, 1.54) is 6.07 Å². The minimum atomic E-state index is -0.231. The molecule has 0 bridgehead atoms. The fraction of sp³-hybridized carbons (Fsp3) is 0.438. The maximum absolute atomic E-state index is 11.4. The van der Waals surface area contributed by atoms with Gasteiger partial charge in [-0.2, -0.15) is 0 Å². The number of aromatic nitrogens is 1. The minimum absolute atomic E-state index is 0.0756. The molecule has 114 valence electrons. The number of aliphatic hydroxyl groups is 1. The Balaban J connectivity index is 2.32. The van der Waals surface area contributed by atoms with Gasteiger partial charge in [-0.15, -0.1) is 0 Å². The molecule has 1 heterocycles. The van der Waals surface area contributed by atoms with E-state index in [1.807, 2.05) is 6.07 Å². The van der Waals surface area contributed by atoms with Gasteiger partial charge in [0.05, 0.1) is 5.52 Å². The lowest BCUT2D eigenvalue weighted by Crippen LogP contribution is -2.32. The van der Waals surface area contributed by atoms with Crippen molar-refractivity contribution in [1.82, 2.24) is 10.3 Å². The second-order valence-corrected chi connectivity index (χ2v) is 5.22. The quantitative estimate of drug-likeness (QED) is 0.623. The Labute approximate surface area is 123 Å². The first-order valence-electron chi connectivity index (χ1n) is 7.33. The second kappa shape index (κ2) is 7.24. The summed E-state index contributed by atoms with van der Waals surface area (Å²) in [6.07, 6.45) is 2.45. The number of hydrogen-bond donors (Lipinski definition) is 4. The first-order chi connectivity index (χ1) is 10.2. The third-order valence-corrected chi connectivity index (χ3v) is 3.59. The highest BCUT2D eigenvalue weighted by molar-refractivity contribution is 5.87. The molecule has 0 radical (unpaired) electrons. The summed E-state index contributed by atoms with van der Waals surface area (Å²) in [5, 5.41) is 23.3. The van der Waals surface area contributed by atoms with Gasteiger partial charge in [0, 0.05) is 24.1 Å². The highest BCUT2D eigenvalue weighted by Gasteiger charge is 2.12. The van der Waals surface area contributed by atoms with E-state index in [4.69, 9.17) is 0 Å². The van der Waals surface area contributed by atoms with Gasteiger partial charge in [0.2, 0.25) is 5.56 Å². The summed E-state index contributed by atoms with van der Waals surface area (Å²) in [5.41, 5.74) is 1.28. The average molecular weight is 290 g/mol. The molecule has 4 N–H and O–H groups in total. The van der Waals surface area contributed by atoms with E-state index >= 15 is 0 Å². The SMILES string of the molecule is CCCNC(CCO)Cc1ccc(O)c2[nH]c(=O)ccc12. The number of aliphatic hydroxyl groups excluding tert-OH is 1. The molecule has 0 fully saturated rings. The monoisotopic (exact) mass is 290 g/mol. The van der Waals surface area contributed by atoms with Crippen LogP contribution in [-0.4, -0.2) is 34.4 Å². The van der Waals surface area contributed by atoms with Crippen molar-refractivity contribution in [1.29, 1.82) is 0 Å². The van der Waals surface area contributed by atoms with Crippen molar-refractivity contribution in [3.05, 3.63) is 40.2 Å². The van der Waals surface area contributed by atoms with Crippen LogP contribution in [0.2, 0.25) is 0 Å². The molecule has 0 aliphatic heterocycles. The largest absolute Gasteiger partial charge is 0.506 e. The summed E-state index contributed by atoms with van der Waals surface area (Å²) in [5.74, 6) is 0.0756. The van der Waals surface area contributed by atoms with E-state index in [9.17, 15) is 15.0 Å². The summed E-state index contributed by atoms with van der Waals surface area (Å²) >= 11 is 0. The number of pyridine rings is 1. The second-order valence-electron chi connectivity index (χ2n) is 5.22.